The molecule has 0 aliphatic carbocycles. The normalized spacial score (nSPS) is 13.6. The number of benzene rings is 2. The second kappa shape index (κ2) is 9.14. The zero-order valence-corrected chi connectivity index (χ0v) is 21.6. The molecule has 5 rings (SSSR count). The lowest BCUT2D eigenvalue weighted by molar-refractivity contribution is -0.203. The van der Waals surface area contributed by atoms with Crippen LogP contribution in [0.2, 0.25) is 10.0 Å². The third-order valence-electron chi connectivity index (χ3n) is 6.11. The molecule has 1 N–H and O–H groups in total. The van der Waals surface area contributed by atoms with Crippen LogP contribution in [0.3, 0.4) is 0 Å². The third kappa shape index (κ3) is 4.35. The SMILES string of the molecule is Cn1cncc1[Si@@](O)(c1ccc(Cl)cc1)c1cnc2c(c1)c(-c1cccc(Cl)c1)cc(=O)n2C(F)(F)F. The molecule has 2 aromatic carbocycles. The highest BCUT2D eigenvalue weighted by atomic mass is 35.5. The predicted molar refractivity (Wildman–Crippen MR) is 139 cm³/mol. The molecule has 0 spiro atoms. The molecule has 0 saturated heterocycles. The van der Waals surface area contributed by atoms with Gasteiger partial charge < -0.3 is 9.36 Å². The average Bonchev–Trinajstić information content (AvgIpc) is 3.28. The van der Waals surface area contributed by atoms with Crippen molar-refractivity contribution in [1.82, 2.24) is 19.1 Å². The fourth-order valence-corrected chi connectivity index (χ4v) is 7.73. The summed E-state index contributed by atoms with van der Waals surface area (Å²) < 4.78 is 43.1. The van der Waals surface area contributed by atoms with Gasteiger partial charge in [0, 0.05) is 40.9 Å². The number of rotatable bonds is 4. The van der Waals surface area contributed by atoms with Gasteiger partial charge >= 0.3 is 14.6 Å². The summed E-state index contributed by atoms with van der Waals surface area (Å²) in [5.41, 5.74) is -1.24. The molecule has 3 aromatic heterocycles. The second-order valence-electron chi connectivity index (χ2n) is 8.41. The topological polar surface area (TPSA) is 72.9 Å². The Morgan fingerprint density at radius 3 is 2.30 bits per heavy atom. The van der Waals surface area contributed by atoms with E-state index in [9.17, 15) is 22.8 Å². The Labute approximate surface area is 219 Å². The molecule has 0 bridgehead atoms. The number of pyridine rings is 2. The number of fused-ring (bicyclic) bond motifs is 1. The highest BCUT2D eigenvalue weighted by Crippen LogP contribution is 2.31. The van der Waals surface area contributed by atoms with E-state index in [1.54, 1.807) is 60.1 Å². The summed E-state index contributed by atoms with van der Waals surface area (Å²) in [7, 11) is -2.13. The zero-order valence-electron chi connectivity index (χ0n) is 19.0. The molecular formula is C25H17Cl2F3N4O2Si. The Morgan fingerprint density at radius 1 is 0.946 bits per heavy atom. The van der Waals surface area contributed by atoms with Gasteiger partial charge in [-0.25, -0.2) is 14.5 Å². The molecule has 0 aliphatic rings. The molecule has 1 atom stereocenters. The number of alkyl halides is 3. The van der Waals surface area contributed by atoms with Gasteiger partial charge in [-0.15, -0.1) is 13.2 Å². The first-order valence-electron chi connectivity index (χ1n) is 10.8. The summed E-state index contributed by atoms with van der Waals surface area (Å²) in [6, 6.07) is 15.4. The maximum Gasteiger partial charge on any atom is 0.493 e. The van der Waals surface area contributed by atoms with Crippen LogP contribution >= 0.6 is 23.2 Å². The van der Waals surface area contributed by atoms with E-state index in [1.807, 2.05) is 0 Å². The number of hydrogen-bond acceptors (Lipinski definition) is 4. The van der Waals surface area contributed by atoms with Crippen LogP contribution in [0.25, 0.3) is 22.2 Å². The van der Waals surface area contributed by atoms with Gasteiger partial charge in [-0.1, -0.05) is 47.5 Å². The largest absolute Gasteiger partial charge is 0.493 e. The summed E-state index contributed by atoms with van der Waals surface area (Å²) in [4.78, 5) is 33.2. The Hall–Kier alpha value is -3.44. The molecule has 6 nitrogen and oxygen atoms in total. The van der Waals surface area contributed by atoms with E-state index >= 15 is 0 Å². The van der Waals surface area contributed by atoms with Gasteiger partial charge in [0.15, 0.2) is 5.65 Å². The van der Waals surface area contributed by atoms with E-state index in [0.29, 0.717) is 31.3 Å². The molecule has 37 heavy (non-hydrogen) atoms. The fourth-order valence-electron chi connectivity index (χ4n) is 4.40. The van der Waals surface area contributed by atoms with Crippen molar-refractivity contribution >= 4 is 58.2 Å². The number of aryl methyl sites for hydroxylation is 1. The first-order chi connectivity index (χ1) is 17.5. The van der Waals surface area contributed by atoms with Crippen LogP contribution in [0.15, 0.2) is 84.2 Å². The van der Waals surface area contributed by atoms with Crippen LogP contribution in [0, 0.1) is 0 Å². The second-order valence-corrected chi connectivity index (χ2v) is 12.4. The van der Waals surface area contributed by atoms with E-state index in [2.05, 4.69) is 9.97 Å². The van der Waals surface area contributed by atoms with Crippen molar-refractivity contribution in [2.45, 2.75) is 6.30 Å². The molecule has 0 fully saturated rings. The molecule has 12 heteroatoms. The van der Waals surface area contributed by atoms with E-state index in [4.69, 9.17) is 23.2 Å². The summed E-state index contributed by atoms with van der Waals surface area (Å²) in [5.74, 6) is 0. The lowest BCUT2D eigenvalue weighted by atomic mass is 10.0. The van der Waals surface area contributed by atoms with Crippen LogP contribution in [0.5, 0.6) is 0 Å². The predicted octanol–water partition coefficient (Wildman–Crippen LogP) is 3.54. The minimum absolute atomic E-state index is 0.0266. The number of aromatic nitrogens is 4. The smallest absolute Gasteiger partial charge is 0.420 e. The van der Waals surface area contributed by atoms with Crippen molar-refractivity contribution in [2.75, 3.05) is 0 Å². The van der Waals surface area contributed by atoms with Crippen LogP contribution in [-0.2, 0) is 13.3 Å². The summed E-state index contributed by atoms with van der Waals surface area (Å²) in [6.45, 7) is 0. The Morgan fingerprint density at radius 2 is 1.68 bits per heavy atom. The van der Waals surface area contributed by atoms with Crippen LogP contribution in [0.4, 0.5) is 13.2 Å². The molecule has 0 unspecified atom stereocenters. The van der Waals surface area contributed by atoms with E-state index in [1.165, 1.54) is 24.8 Å². The molecule has 188 valence electrons. The number of halogens is 5. The number of imidazole rings is 1. The van der Waals surface area contributed by atoms with Crippen molar-refractivity contribution in [3.05, 3.63) is 99.8 Å². The van der Waals surface area contributed by atoms with Crippen LogP contribution in [-0.4, -0.2) is 32.2 Å². The minimum Gasteiger partial charge on any atom is -0.420 e. The van der Waals surface area contributed by atoms with Crippen LogP contribution in [0.1, 0.15) is 0 Å². The monoisotopic (exact) mass is 560 g/mol. The van der Waals surface area contributed by atoms with Gasteiger partial charge in [0.1, 0.15) is 0 Å². The lowest BCUT2D eigenvalue weighted by Crippen LogP contribution is -2.69. The Balaban J connectivity index is 1.88. The first-order valence-corrected chi connectivity index (χ1v) is 13.5. The summed E-state index contributed by atoms with van der Waals surface area (Å²) in [6.07, 6.45) is -0.793. The zero-order chi connectivity index (χ0) is 26.5. The lowest BCUT2D eigenvalue weighted by Gasteiger charge is -2.27. The molecule has 3 heterocycles. The molecule has 0 amide bonds. The van der Waals surface area contributed by atoms with E-state index in [-0.39, 0.29) is 15.5 Å². The van der Waals surface area contributed by atoms with Crippen molar-refractivity contribution in [1.29, 1.82) is 0 Å². The molecule has 0 radical (unpaired) electrons. The minimum atomic E-state index is -5.01. The fraction of sp³-hybridized carbons (Fsp3) is 0.0800. The van der Waals surface area contributed by atoms with Crippen LogP contribution < -0.4 is 21.2 Å². The maximum absolute atomic E-state index is 13.9. The quantitative estimate of drug-likeness (QED) is 0.341. The Kier molecular flexibility index (Phi) is 6.23. The molecule has 5 aromatic rings. The van der Waals surface area contributed by atoms with Crippen molar-refractivity contribution in [3.63, 3.8) is 0 Å². The van der Waals surface area contributed by atoms with Gasteiger partial charge in [0.25, 0.3) is 5.56 Å². The van der Waals surface area contributed by atoms with E-state index < -0.39 is 25.8 Å². The number of hydrogen-bond donors (Lipinski definition) is 1. The van der Waals surface area contributed by atoms with E-state index in [0.717, 1.165) is 6.07 Å². The van der Waals surface area contributed by atoms with Gasteiger partial charge in [-0.2, -0.15) is 0 Å². The first kappa shape index (κ1) is 25.2. The standard InChI is InChI=1S/C25H17Cl2F3N4O2Si/c1-33-14-31-13-23(33)37(36,18-7-5-16(26)6-8-18)19-10-21-20(15-3-2-4-17(27)9-15)11-22(35)34(25(28,29)30)24(21)32-12-19/h2-14,36H,1H3/t37-/m1/s1. The van der Waals surface area contributed by atoms with Crippen molar-refractivity contribution in [3.8, 4) is 11.1 Å². The van der Waals surface area contributed by atoms with Crippen molar-refractivity contribution < 1.29 is 18.0 Å². The van der Waals surface area contributed by atoms with Crippen molar-refractivity contribution in [2.24, 2.45) is 7.05 Å². The highest BCUT2D eigenvalue weighted by molar-refractivity contribution is 7.05. The maximum atomic E-state index is 13.9. The van der Waals surface area contributed by atoms with Gasteiger partial charge in [-0.05, 0) is 51.8 Å². The molecule has 0 aliphatic heterocycles. The summed E-state index contributed by atoms with van der Waals surface area (Å²) >= 11 is 12.2. The Bertz CT molecular complexity index is 1700. The third-order valence-corrected chi connectivity index (χ3v) is 10.1. The average molecular weight is 561 g/mol. The van der Waals surface area contributed by atoms with Gasteiger partial charge in [0.2, 0.25) is 0 Å². The highest BCUT2D eigenvalue weighted by Gasteiger charge is 2.42. The molecule has 0 saturated carbocycles. The number of nitrogens with zero attached hydrogens (tertiary/aromatic N) is 4. The van der Waals surface area contributed by atoms with Gasteiger partial charge in [-0.3, -0.25) is 4.79 Å². The summed E-state index contributed by atoms with van der Waals surface area (Å²) in [5, 5.41) is 2.12. The van der Waals surface area contributed by atoms with Gasteiger partial charge in [0.05, 0.1) is 11.6 Å². The molecular weight excluding hydrogens is 544 g/mol.